The monoisotopic (exact) mass is 291 g/mol. The number of aryl methyl sites for hydroxylation is 1. The van der Waals surface area contributed by atoms with Crippen molar-refractivity contribution in [1.29, 1.82) is 0 Å². The van der Waals surface area contributed by atoms with Crippen molar-refractivity contribution in [2.24, 2.45) is 0 Å². The number of thiophene rings is 1. The maximum Gasteiger partial charge on any atom is 0.412 e. The fourth-order valence-corrected chi connectivity index (χ4v) is 2.47. The van der Waals surface area contributed by atoms with Crippen LogP contribution in [0.1, 0.15) is 20.8 Å². The molecular weight excluding hydrogens is 278 g/mol. The summed E-state index contributed by atoms with van der Waals surface area (Å²) in [7, 11) is 0. The van der Waals surface area contributed by atoms with Gasteiger partial charge in [0.1, 0.15) is 6.61 Å². The third-order valence-corrected chi connectivity index (χ3v) is 3.55. The van der Waals surface area contributed by atoms with Crippen LogP contribution in [0.25, 0.3) is 0 Å². The van der Waals surface area contributed by atoms with Gasteiger partial charge in [0, 0.05) is 10.3 Å². The van der Waals surface area contributed by atoms with Crippen molar-refractivity contribution in [3.8, 4) is 0 Å². The molecule has 0 saturated heterocycles. The number of carboxylic acids is 1. The lowest BCUT2D eigenvalue weighted by atomic mass is 10.2. The van der Waals surface area contributed by atoms with E-state index < -0.39 is 12.1 Å². The van der Waals surface area contributed by atoms with E-state index in [0.29, 0.717) is 4.88 Å². The lowest BCUT2D eigenvalue weighted by Gasteiger charge is -2.07. The molecule has 0 aliphatic heterocycles. The van der Waals surface area contributed by atoms with Crippen LogP contribution in [0.4, 0.5) is 10.5 Å². The van der Waals surface area contributed by atoms with Crippen LogP contribution in [-0.4, -0.2) is 17.2 Å². The molecule has 0 radical (unpaired) electrons. The number of hydrogen-bond donors (Lipinski definition) is 2. The van der Waals surface area contributed by atoms with E-state index in [2.05, 4.69) is 5.32 Å². The summed E-state index contributed by atoms with van der Waals surface area (Å²) in [6.07, 6.45) is -0.672. The Kier molecular flexibility index (Phi) is 4.37. The number of benzene rings is 1. The number of aromatic carboxylic acids is 1. The molecule has 5 nitrogen and oxygen atoms in total. The summed E-state index contributed by atoms with van der Waals surface area (Å²) in [5, 5.41) is 13.1. The normalized spacial score (nSPS) is 10.1. The van der Waals surface area contributed by atoms with Gasteiger partial charge in [-0.15, -0.1) is 11.3 Å². The quantitative estimate of drug-likeness (QED) is 0.904. The zero-order chi connectivity index (χ0) is 14.5. The Balaban J connectivity index is 1.97. The van der Waals surface area contributed by atoms with E-state index in [4.69, 9.17) is 9.84 Å². The number of anilines is 1. The number of ether oxygens (including phenoxy) is 1. The van der Waals surface area contributed by atoms with Crippen molar-refractivity contribution in [3.05, 3.63) is 51.7 Å². The van der Waals surface area contributed by atoms with Gasteiger partial charge in [0.15, 0.2) is 0 Å². The molecule has 0 fully saturated rings. The number of amides is 1. The molecule has 1 amide bonds. The van der Waals surface area contributed by atoms with Crippen molar-refractivity contribution < 1.29 is 19.4 Å². The van der Waals surface area contributed by atoms with Crippen LogP contribution < -0.4 is 5.32 Å². The van der Waals surface area contributed by atoms with Crippen LogP contribution >= 0.6 is 11.3 Å². The molecule has 0 saturated carbocycles. The highest BCUT2D eigenvalue weighted by Gasteiger charge is 2.17. The molecule has 0 spiro atoms. The molecule has 2 aromatic rings. The Hall–Kier alpha value is -2.34. The molecule has 2 rings (SSSR count). The van der Waals surface area contributed by atoms with Gasteiger partial charge in [0.2, 0.25) is 0 Å². The molecule has 1 aromatic heterocycles. The first-order valence-electron chi connectivity index (χ1n) is 5.87. The molecule has 2 N–H and O–H groups in total. The van der Waals surface area contributed by atoms with Gasteiger partial charge in [0.05, 0.1) is 11.3 Å². The highest BCUT2D eigenvalue weighted by atomic mass is 32.1. The van der Waals surface area contributed by atoms with E-state index in [0.717, 1.165) is 5.56 Å². The average molecular weight is 291 g/mol. The first-order chi connectivity index (χ1) is 9.58. The van der Waals surface area contributed by atoms with Gasteiger partial charge >= 0.3 is 12.1 Å². The van der Waals surface area contributed by atoms with E-state index in [1.165, 1.54) is 11.3 Å². The van der Waals surface area contributed by atoms with Gasteiger partial charge in [-0.25, -0.2) is 9.59 Å². The highest BCUT2D eigenvalue weighted by molar-refractivity contribution is 7.10. The van der Waals surface area contributed by atoms with Crippen LogP contribution in [0, 0.1) is 6.92 Å². The Morgan fingerprint density at radius 1 is 1.30 bits per heavy atom. The number of carbonyl (C=O) groups excluding carboxylic acids is 1. The van der Waals surface area contributed by atoms with E-state index in [-0.39, 0.29) is 17.9 Å². The topological polar surface area (TPSA) is 75.6 Å². The van der Waals surface area contributed by atoms with Gasteiger partial charge in [-0.1, -0.05) is 30.3 Å². The molecule has 1 aromatic carbocycles. The number of nitrogens with one attached hydrogen (secondary N) is 1. The molecule has 0 aliphatic carbocycles. The Morgan fingerprint density at radius 3 is 2.65 bits per heavy atom. The molecule has 0 atom stereocenters. The van der Waals surface area contributed by atoms with Gasteiger partial charge in [-0.2, -0.15) is 0 Å². The van der Waals surface area contributed by atoms with Crippen LogP contribution in [-0.2, 0) is 11.3 Å². The Labute approximate surface area is 119 Å². The van der Waals surface area contributed by atoms with Gasteiger partial charge in [-0.3, -0.25) is 5.32 Å². The first kappa shape index (κ1) is 14.1. The molecule has 6 heteroatoms. The van der Waals surface area contributed by atoms with Crippen molar-refractivity contribution in [1.82, 2.24) is 0 Å². The van der Waals surface area contributed by atoms with Crippen LogP contribution in [0.3, 0.4) is 0 Å². The zero-order valence-electron chi connectivity index (χ0n) is 10.8. The van der Waals surface area contributed by atoms with Gasteiger partial charge in [0.25, 0.3) is 0 Å². The minimum atomic E-state index is -1.07. The fourth-order valence-electron chi connectivity index (χ4n) is 1.68. The number of rotatable bonds is 4. The third kappa shape index (κ3) is 3.36. The second kappa shape index (κ2) is 6.21. The van der Waals surface area contributed by atoms with Crippen LogP contribution in [0.5, 0.6) is 0 Å². The van der Waals surface area contributed by atoms with Crippen molar-refractivity contribution >= 4 is 29.1 Å². The van der Waals surface area contributed by atoms with E-state index in [9.17, 15) is 9.59 Å². The predicted octanol–water partition coefficient (Wildman–Crippen LogP) is 3.50. The largest absolute Gasteiger partial charge is 0.478 e. The van der Waals surface area contributed by atoms with Crippen LogP contribution in [0.2, 0.25) is 0 Å². The summed E-state index contributed by atoms with van der Waals surface area (Å²) in [5.74, 6) is -1.07. The predicted molar refractivity (Wildman–Crippen MR) is 76.3 cm³/mol. The van der Waals surface area contributed by atoms with Crippen molar-refractivity contribution in [3.63, 3.8) is 0 Å². The van der Waals surface area contributed by atoms with Gasteiger partial charge < -0.3 is 9.84 Å². The number of carbonyl (C=O) groups is 2. The minimum absolute atomic E-state index is 0.103. The molecule has 0 unspecified atom stereocenters. The summed E-state index contributed by atoms with van der Waals surface area (Å²) in [6, 6.07) is 9.25. The fraction of sp³-hybridized carbons (Fsp3) is 0.143. The average Bonchev–Trinajstić information content (AvgIpc) is 2.78. The Bertz CT molecular complexity index is 621. The molecule has 20 heavy (non-hydrogen) atoms. The maximum absolute atomic E-state index is 11.6. The number of carboxylic acid groups (broad SMARTS) is 1. The second-order valence-corrected chi connectivity index (χ2v) is 5.16. The summed E-state index contributed by atoms with van der Waals surface area (Å²) >= 11 is 1.26. The summed E-state index contributed by atoms with van der Waals surface area (Å²) in [6.45, 7) is 1.83. The number of hydrogen-bond acceptors (Lipinski definition) is 4. The lowest BCUT2D eigenvalue weighted by Crippen LogP contribution is -2.15. The van der Waals surface area contributed by atoms with E-state index in [1.54, 1.807) is 12.3 Å². The molecular formula is C14H13NO4S. The van der Waals surface area contributed by atoms with E-state index >= 15 is 0 Å². The molecule has 104 valence electrons. The maximum atomic E-state index is 11.6. The standard InChI is InChI=1S/C14H13NO4S/c1-9-12(13(16)17)11(8-20-9)15-14(18)19-7-10-5-3-2-4-6-10/h2-6,8H,7H2,1H3,(H,15,18)(H,16,17). The Morgan fingerprint density at radius 2 is 2.00 bits per heavy atom. The lowest BCUT2D eigenvalue weighted by molar-refractivity contribution is 0.0698. The minimum Gasteiger partial charge on any atom is -0.478 e. The second-order valence-electron chi connectivity index (χ2n) is 4.07. The molecule has 0 bridgehead atoms. The highest BCUT2D eigenvalue weighted by Crippen LogP contribution is 2.26. The molecule has 0 aliphatic rings. The zero-order valence-corrected chi connectivity index (χ0v) is 11.6. The van der Waals surface area contributed by atoms with Gasteiger partial charge in [-0.05, 0) is 12.5 Å². The first-order valence-corrected chi connectivity index (χ1v) is 6.75. The summed E-state index contributed by atoms with van der Waals surface area (Å²) in [4.78, 5) is 23.4. The van der Waals surface area contributed by atoms with Crippen LogP contribution in [0.15, 0.2) is 35.7 Å². The SMILES string of the molecule is Cc1scc(NC(=O)OCc2ccccc2)c1C(=O)O. The summed E-state index contributed by atoms with van der Waals surface area (Å²) < 4.78 is 5.04. The summed E-state index contributed by atoms with van der Waals surface area (Å²) in [5.41, 5.74) is 1.23. The van der Waals surface area contributed by atoms with E-state index in [1.807, 2.05) is 30.3 Å². The smallest absolute Gasteiger partial charge is 0.412 e. The van der Waals surface area contributed by atoms with Crippen molar-refractivity contribution in [2.45, 2.75) is 13.5 Å². The molecule has 1 heterocycles. The third-order valence-electron chi connectivity index (χ3n) is 2.64. The van der Waals surface area contributed by atoms with Crippen molar-refractivity contribution in [2.75, 3.05) is 5.32 Å².